The van der Waals surface area contributed by atoms with Crippen LogP contribution in [0.25, 0.3) is 11.3 Å². The molecule has 0 aliphatic rings. The molecule has 1 aromatic carbocycles. The summed E-state index contributed by atoms with van der Waals surface area (Å²) in [5.41, 5.74) is 0.923. The Morgan fingerprint density at radius 1 is 1.41 bits per heavy atom. The maximum Gasteiger partial charge on any atom is 0.341 e. The predicted molar refractivity (Wildman–Crippen MR) is 58.2 cm³/mol. The third-order valence-corrected chi connectivity index (χ3v) is 2.42. The van der Waals surface area contributed by atoms with E-state index < -0.39 is 5.97 Å². The molecule has 4 nitrogen and oxygen atoms in total. The Hall–Kier alpha value is -2.17. The number of aryl methyl sites for hydroxylation is 1. The van der Waals surface area contributed by atoms with E-state index >= 15 is 0 Å². The molecule has 88 valence electrons. The van der Waals surface area contributed by atoms with Crippen molar-refractivity contribution in [1.82, 2.24) is 5.16 Å². The number of carboxylic acid groups (broad SMARTS) is 1. The first-order valence-corrected chi connectivity index (χ1v) is 5.11. The lowest BCUT2D eigenvalue weighted by Crippen LogP contribution is -2.01. The molecule has 0 saturated carbocycles. The second kappa shape index (κ2) is 4.37. The van der Waals surface area contributed by atoms with Crippen molar-refractivity contribution in [2.75, 3.05) is 0 Å². The van der Waals surface area contributed by atoms with Gasteiger partial charge in [0.2, 0.25) is 0 Å². The molecule has 0 aliphatic heterocycles. The molecule has 0 atom stereocenters. The lowest BCUT2D eigenvalue weighted by Gasteiger charge is -1.98. The first-order chi connectivity index (χ1) is 8.13. The highest BCUT2D eigenvalue weighted by atomic mass is 19.1. The summed E-state index contributed by atoms with van der Waals surface area (Å²) in [6.45, 7) is 1.79. The summed E-state index contributed by atoms with van der Waals surface area (Å²) in [6.07, 6.45) is 0.465. The fraction of sp³-hybridized carbons (Fsp3) is 0.167. The smallest absolute Gasteiger partial charge is 0.341 e. The zero-order chi connectivity index (χ0) is 12.4. The molecule has 0 bridgehead atoms. The van der Waals surface area contributed by atoms with Gasteiger partial charge in [0.15, 0.2) is 5.76 Å². The first kappa shape index (κ1) is 11.3. The SMILES string of the molecule is CCc1noc(-c2ccc(F)cc2)c1C(=O)O. The van der Waals surface area contributed by atoms with Crippen LogP contribution in [0.5, 0.6) is 0 Å². The van der Waals surface area contributed by atoms with Gasteiger partial charge < -0.3 is 9.63 Å². The Balaban J connectivity index is 2.55. The van der Waals surface area contributed by atoms with Gasteiger partial charge in [-0.2, -0.15) is 0 Å². The van der Waals surface area contributed by atoms with Gasteiger partial charge >= 0.3 is 5.97 Å². The van der Waals surface area contributed by atoms with Crippen LogP contribution in [0.4, 0.5) is 4.39 Å². The molecule has 1 aromatic heterocycles. The van der Waals surface area contributed by atoms with Gasteiger partial charge in [0.1, 0.15) is 11.4 Å². The van der Waals surface area contributed by atoms with Gasteiger partial charge in [-0.15, -0.1) is 0 Å². The van der Waals surface area contributed by atoms with E-state index in [2.05, 4.69) is 5.16 Å². The number of nitrogens with zero attached hydrogens (tertiary/aromatic N) is 1. The number of carbonyl (C=O) groups is 1. The lowest BCUT2D eigenvalue weighted by molar-refractivity contribution is 0.0696. The fourth-order valence-corrected chi connectivity index (χ4v) is 1.58. The highest BCUT2D eigenvalue weighted by Gasteiger charge is 2.22. The minimum absolute atomic E-state index is 0.0408. The summed E-state index contributed by atoms with van der Waals surface area (Å²) in [5, 5.41) is 12.8. The van der Waals surface area contributed by atoms with E-state index in [4.69, 9.17) is 9.63 Å². The molecule has 0 amide bonds. The molecule has 0 radical (unpaired) electrons. The van der Waals surface area contributed by atoms with E-state index in [1.165, 1.54) is 24.3 Å². The summed E-state index contributed by atoms with van der Waals surface area (Å²) in [4.78, 5) is 11.1. The molecule has 0 fully saturated rings. The standard InChI is InChI=1S/C12H10FNO3/c1-2-9-10(12(15)16)11(17-14-9)7-3-5-8(13)6-4-7/h3-6H,2H2,1H3,(H,15,16). The normalized spacial score (nSPS) is 10.5. The van der Waals surface area contributed by atoms with E-state index in [0.29, 0.717) is 17.7 Å². The van der Waals surface area contributed by atoms with Crippen LogP contribution in [-0.4, -0.2) is 16.2 Å². The molecule has 0 aliphatic carbocycles. The van der Waals surface area contributed by atoms with E-state index in [9.17, 15) is 9.18 Å². The first-order valence-electron chi connectivity index (χ1n) is 5.11. The summed E-state index contributed by atoms with van der Waals surface area (Å²) in [7, 11) is 0. The van der Waals surface area contributed by atoms with Gasteiger partial charge in [0.25, 0.3) is 0 Å². The van der Waals surface area contributed by atoms with Gasteiger partial charge in [-0.05, 0) is 30.7 Å². The monoisotopic (exact) mass is 235 g/mol. The van der Waals surface area contributed by atoms with Gasteiger partial charge in [0.05, 0.1) is 5.69 Å². The van der Waals surface area contributed by atoms with Crippen molar-refractivity contribution in [2.24, 2.45) is 0 Å². The van der Waals surface area contributed by atoms with Crippen molar-refractivity contribution >= 4 is 5.97 Å². The third-order valence-electron chi connectivity index (χ3n) is 2.42. The van der Waals surface area contributed by atoms with E-state index in [0.717, 1.165) is 0 Å². The van der Waals surface area contributed by atoms with Crippen molar-refractivity contribution < 1.29 is 18.8 Å². The number of aromatic carboxylic acids is 1. The van der Waals surface area contributed by atoms with Crippen molar-refractivity contribution in [3.05, 3.63) is 41.3 Å². The fourth-order valence-electron chi connectivity index (χ4n) is 1.58. The van der Waals surface area contributed by atoms with Crippen LogP contribution in [0.2, 0.25) is 0 Å². The van der Waals surface area contributed by atoms with Crippen molar-refractivity contribution in [2.45, 2.75) is 13.3 Å². The molecule has 1 heterocycles. The number of aromatic nitrogens is 1. The molecule has 5 heteroatoms. The molecule has 0 saturated heterocycles. The van der Waals surface area contributed by atoms with Crippen molar-refractivity contribution in [3.8, 4) is 11.3 Å². The summed E-state index contributed by atoms with van der Waals surface area (Å²) in [6, 6.07) is 5.41. The Morgan fingerprint density at radius 3 is 2.59 bits per heavy atom. The van der Waals surface area contributed by atoms with Crippen molar-refractivity contribution in [1.29, 1.82) is 0 Å². The zero-order valence-electron chi connectivity index (χ0n) is 9.11. The third kappa shape index (κ3) is 2.04. The maximum atomic E-state index is 12.8. The molecular weight excluding hydrogens is 225 g/mol. The lowest BCUT2D eigenvalue weighted by atomic mass is 10.1. The van der Waals surface area contributed by atoms with Crippen LogP contribution in [0, 0.1) is 5.82 Å². The quantitative estimate of drug-likeness (QED) is 0.888. The van der Waals surface area contributed by atoms with Gasteiger partial charge in [0, 0.05) is 5.56 Å². The van der Waals surface area contributed by atoms with E-state index in [1.54, 1.807) is 6.92 Å². The largest absolute Gasteiger partial charge is 0.477 e. The van der Waals surface area contributed by atoms with Crippen LogP contribution in [0.3, 0.4) is 0 Å². The predicted octanol–water partition coefficient (Wildman–Crippen LogP) is 2.74. The molecule has 1 N–H and O–H groups in total. The van der Waals surface area contributed by atoms with Crippen LogP contribution < -0.4 is 0 Å². The highest BCUT2D eigenvalue weighted by Crippen LogP contribution is 2.26. The number of hydrogen-bond acceptors (Lipinski definition) is 3. The number of carboxylic acids is 1. The Labute approximate surface area is 96.7 Å². The molecule has 17 heavy (non-hydrogen) atoms. The van der Waals surface area contributed by atoms with Crippen LogP contribution in [-0.2, 0) is 6.42 Å². The summed E-state index contributed by atoms with van der Waals surface area (Å²) in [5.74, 6) is -1.32. The molecular formula is C12H10FNO3. The Kier molecular flexibility index (Phi) is 2.91. The Morgan fingerprint density at radius 2 is 2.06 bits per heavy atom. The summed E-state index contributed by atoms with van der Waals surface area (Å²) >= 11 is 0. The summed E-state index contributed by atoms with van der Waals surface area (Å²) < 4.78 is 17.8. The van der Waals surface area contributed by atoms with Gasteiger partial charge in [-0.25, -0.2) is 9.18 Å². The Bertz CT molecular complexity index is 545. The minimum atomic E-state index is -1.09. The topological polar surface area (TPSA) is 63.3 Å². The molecule has 0 unspecified atom stereocenters. The second-order valence-electron chi connectivity index (χ2n) is 3.50. The molecule has 2 rings (SSSR count). The van der Waals surface area contributed by atoms with Crippen LogP contribution >= 0.6 is 0 Å². The van der Waals surface area contributed by atoms with Crippen molar-refractivity contribution in [3.63, 3.8) is 0 Å². The minimum Gasteiger partial charge on any atom is -0.477 e. The molecule has 2 aromatic rings. The maximum absolute atomic E-state index is 12.8. The second-order valence-corrected chi connectivity index (χ2v) is 3.50. The number of hydrogen-bond donors (Lipinski definition) is 1. The average Bonchev–Trinajstić information content (AvgIpc) is 2.73. The number of benzene rings is 1. The number of rotatable bonds is 3. The van der Waals surface area contributed by atoms with E-state index in [1.807, 2.05) is 0 Å². The highest BCUT2D eigenvalue weighted by molar-refractivity contribution is 5.95. The van der Waals surface area contributed by atoms with E-state index in [-0.39, 0.29) is 17.1 Å². The van der Waals surface area contributed by atoms with Crippen LogP contribution in [0.15, 0.2) is 28.8 Å². The zero-order valence-corrected chi connectivity index (χ0v) is 9.11. The average molecular weight is 235 g/mol. The number of halogens is 1. The molecule has 0 spiro atoms. The van der Waals surface area contributed by atoms with Crippen LogP contribution in [0.1, 0.15) is 23.0 Å². The van der Waals surface area contributed by atoms with Gasteiger partial charge in [-0.1, -0.05) is 12.1 Å². The van der Waals surface area contributed by atoms with Gasteiger partial charge in [-0.3, -0.25) is 0 Å².